The van der Waals surface area contributed by atoms with Crippen molar-refractivity contribution in [2.45, 2.75) is 31.9 Å². The van der Waals surface area contributed by atoms with Crippen LogP contribution in [-0.2, 0) is 6.42 Å². The zero-order valence-corrected chi connectivity index (χ0v) is 9.17. The molecule has 1 aromatic rings. The molecule has 17 heavy (non-hydrogen) atoms. The molecule has 0 aliphatic rings. The average molecular weight is 251 g/mol. The number of para-hydroxylation sites is 1. The van der Waals surface area contributed by atoms with Crippen LogP contribution in [0.25, 0.3) is 0 Å². The first-order valence-corrected chi connectivity index (χ1v) is 5.01. The van der Waals surface area contributed by atoms with Crippen LogP contribution < -0.4 is 10.5 Å². The van der Waals surface area contributed by atoms with Crippen LogP contribution in [0.2, 0.25) is 0 Å². The number of halogens is 4. The topological polar surface area (TPSA) is 35.2 Å². The number of hydrogen-bond donors (Lipinski definition) is 1. The Labute approximate surface area is 96.4 Å². The van der Waals surface area contributed by atoms with Gasteiger partial charge in [-0.05, 0) is 25.0 Å². The van der Waals surface area contributed by atoms with Gasteiger partial charge in [-0.2, -0.15) is 17.6 Å². The molecule has 0 saturated heterocycles. The van der Waals surface area contributed by atoms with Gasteiger partial charge in [0.05, 0.1) is 0 Å². The van der Waals surface area contributed by atoms with Crippen LogP contribution >= 0.6 is 0 Å². The summed E-state index contributed by atoms with van der Waals surface area (Å²) in [6, 6.07) is 5.49. The van der Waals surface area contributed by atoms with Crippen molar-refractivity contribution in [2.75, 3.05) is 0 Å². The molecule has 1 unspecified atom stereocenters. The lowest BCUT2D eigenvalue weighted by Gasteiger charge is -2.19. The van der Waals surface area contributed by atoms with Crippen LogP contribution in [0.1, 0.15) is 12.5 Å². The van der Waals surface area contributed by atoms with E-state index in [1.165, 1.54) is 18.2 Å². The molecular weight excluding hydrogens is 238 g/mol. The Hall–Kier alpha value is -1.30. The van der Waals surface area contributed by atoms with E-state index in [1.807, 2.05) is 0 Å². The van der Waals surface area contributed by atoms with E-state index < -0.39 is 12.5 Å². The van der Waals surface area contributed by atoms with Crippen LogP contribution in [0.4, 0.5) is 17.6 Å². The van der Waals surface area contributed by atoms with E-state index in [4.69, 9.17) is 5.73 Å². The van der Waals surface area contributed by atoms with Gasteiger partial charge in [-0.25, -0.2) is 0 Å². The summed E-state index contributed by atoms with van der Waals surface area (Å²) >= 11 is 0. The van der Waals surface area contributed by atoms with Gasteiger partial charge in [0.2, 0.25) is 0 Å². The van der Waals surface area contributed by atoms with Gasteiger partial charge < -0.3 is 10.5 Å². The first-order chi connectivity index (χ1) is 7.83. The fraction of sp³-hybridized carbons (Fsp3) is 0.455. The summed E-state index contributed by atoms with van der Waals surface area (Å²) in [4.78, 5) is 0. The van der Waals surface area contributed by atoms with E-state index in [1.54, 1.807) is 13.0 Å². The third kappa shape index (κ3) is 3.89. The van der Waals surface area contributed by atoms with Crippen molar-refractivity contribution in [2.24, 2.45) is 5.73 Å². The highest BCUT2D eigenvalue weighted by molar-refractivity contribution is 5.34. The minimum Gasteiger partial charge on any atom is -0.428 e. The number of ether oxygens (including phenoxy) is 1. The summed E-state index contributed by atoms with van der Waals surface area (Å²) in [6.45, 7) is 1.68. The van der Waals surface area contributed by atoms with Crippen molar-refractivity contribution >= 4 is 0 Å². The normalized spacial score (nSPS) is 13.8. The van der Waals surface area contributed by atoms with Gasteiger partial charge in [-0.3, -0.25) is 0 Å². The summed E-state index contributed by atoms with van der Waals surface area (Å²) < 4.78 is 53.5. The fourth-order valence-electron chi connectivity index (χ4n) is 1.31. The molecule has 6 heteroatoms. The van der Waals surface area contributed by atoms with Crippen molar-refractivity contribution in [1.29, 1.82) is 0 Å². The highest BCUT2D eigenvalue weighted by Crippen LogP contribution is 2.30. The van der Waals surface area contributed by atoms with E-state index in [2.05, 4.69) is 4.74 Å². The Morgan fingerprint density at radius 2 is 1.88 bits per heavy atom. The predicted molar refractivity (Wildman–Crippen MR) is 55.4 cm³/mol. The minimum absolute atomic E-state index is 0.268. The molecule has 0 aliphatic carbocycles. The molecule has 0 radical (unpaired) electrons. The van der Waals surface area contributed by atoms with Gasteiger partial charge in [0, 0.05) is 6.04 Å². The molecule has 1 atom stereocenters. The Kier molecular flexibility index (Phi) is 4.34. The molecule has 0 fully saturated rings. The highest BCUT2D eigenvalue weighted by Gasteiger charge is 2.44. The summed E-state index contributed by atoms with van der Waals surface area (Å²) in [5, 5.41) is 0. The maximum atomic E-state index is 12.7. The van der Waals surface area contributed by atoms with Crippen LogP contribution in [0.3, 0.4) is 0 Å². The van der Waals surface area contributed by atoms with Crippen LogP contribution in [0, 0.1) is 0 Å². The molecular formula is C11H13F4NO. The van der Waals surface area contributed by atoms with Gasteiger partial charge in [0.25, 0.3) is 0 Å². The monoisotopic (exact) mass is 251 g/mol. The van der Waals surface area contributed by atoms with E-state index in [0.29, 0.717) is 5.56 Å². The smallest absolute Gasteiger partial charge is 0.428 e. The number of nitrogens with two attached hydrogens (primary N) is 1. The van der Waals surface area contributed by atoms with Gasteiger partial charge in [0.1, 0.15) is 5.75 Å². The number of rotatable bonds is 5. The first kappa shape index (κ1) is 13.8. The summed E-state index contributed by atoms with van der Waals surface area (Å²) in [7, 11) is 0. The molecule has 1 aromatic carbocycles. The lowest BCUT2D eigenvalue weighted by Crippen LogP contribution is -2.34. The van der Waals surface area contributed by atoms with Gasteiger partial charge in [0.15, 0.2) is 0 Å². The number of benzene rings is 1. The largest absolute Gasteiger partial charge is 0.461 e. The molecule has 0 amide bonds. The first-order valence-electron chi connectivity index (χ1n) is 5.01. The van der Waals surface area contributed by atoms with Crippen LogP contribution in [0.15, 0.2) is 24.3 Å². The molecule has 0 heterocycles. The van der Waals surface area contributed by atoms with Crippen molar-refractivity contribution in [3.8, 4) is 5.75 Å². The average Bonchev–Trinajstić information content (AvgIpc) is 2.19. The Bertz CT molecular complexity index is 368. The Morgan fingerprint density at radius 3 is 2.41 bits per heavy atom. The van der Waals surface area contributed by atoms with Gasteiger partial charge in [-0.1, -0.05) is 18.2 Å². The number of alkyl halides is 4. The van der Waals surface area contributed by atoms with E-state index >= 15 is 0 Å². The zero-order valence-electron chi connectivity index (χ0n) is 9.17. The molecule has 0 saturated carbocycles. The van der Waals surface area contributed by atoms with Crippen molar-refractivity contribution < 1.29 is 22.3 Å². The second-order valence-corrected chi connectivity index (χ2v) is 3.75. The zero-order chi connectivity index (χ0) is 13.1. The van der Waals surface area contributed by atoms with E-state index in [0.717, 1.165) is 0 Å². The molecule has 0 aliphatic heterocycles. The van der Waals surface area contributed by atoms with Gasteiger partial charge in [-0.15, -0.1) is 0 Å². The molecule has 2 N–H and O–H groups in total. The van der Waals surface area contributed by atoms with Crippen molar-refractivity contribution in [3.63, 3.8) is 0 Å². The number of hydrogen-bond acceptors (Lipinski definition) is 2. The molecule has 0 spiro atoms. The van der Waals surface area contributed by atoms with E-state index in [-0.39, 0.29) is 18.2 Å². The summed E-state index contributed by atoms with van der Waals surface area (Å²) in [5.74, 6) is -0.268. The second kappa shape index (κ2) is 5.35. The third-order valence-electron chi connectivity index (χ3n) is 2.01. The second-order valence-electron chi connectivity index (χ2n) is 3.75. The quantitative estimate of drug-likeness (QED) is 0.817. The van der Waals surface area contributed by atoms with Crippen LogP contribution in [-0.4, -0.2) is 18.6 Å². The molecule has 0 aromatic heterocycles. The predicted octanol–water partition coefficient (Wildman–Crippen LogP) is 2.81. The maximum absolute atomic E-state index is 12.7. The molecule has 96 valence electrons. The minimum atomic E-state index is -4.49. The molecule has 2 nitrogen and oxygen atoms in total. The van der Waals surface area contributed by atoms with Gasteiger partial charge >= 0.3 is 12.5 Å². The van der Waals surface area contributed by atoms with Crippen LogP contribution in [0.5, 0.6) is 5.75 Å². The lowest BCUT2D eigenvalue weighted by atomic mass is 10.1. The Balaban J connectivity index is 2.90. The SMILES string of the molecule is CC(N)Cc1ccccc1OC(F)(F)C(F)F. The standard InChI is InChI=1S/C11H13F4NO/c1-7(16)6-8-4-2-3-5-9(8)17-11(14,15)10(12)13/h2-5,7,10H,6,16H2,1H3. The highest BCUT2D eigenvalue weighted by atomic mass is 19.3. The third-order valence-corrected chi connectivity index (χ3v) is 2.01. The Morgan fingerprint density at radius 1 is 1.29 bits per heavy atom. The van der Waals surface area contributed by atoms with Crippen molar-refractivity contribution in [1.82, 2.24) is 0 Å². The van der Waals surface area contributed by atoms with E-state index in [9.17, 15) is 17.6 Å². The summed E-state index contributed by atoms with van der Waals surface area (Å²) in [6.07, 6.45) is -8.09. The fourth-order valence-corrected chi connectivity index (χ4v) is 1.31. The molecule has 0 bridgehead atoms. The van der Waals surface area contributed by atoms with Crippen molar-refractivity contribution in [3.05, 3.63) is 29.8 Å². The maximum Gasteiger partial charge on any atom is 0.461 e. The lowest BCUT2D eigenvalue weighted by molar-refractivity contribution is -0.253. The molecule has 1 rings (SSSR count). The summed E-state index contributed by atoms with van der Waals surface area (Å²) in [5.41, 5.74) is 5.90.